The normalized spacial score (nSPS) is 12.7. The highest BCUT2D eigenvalue weighted by Gasteiger charge is 2.34. The third kappa shape index (κ3) is 2.32. The van der Waals surface area contributed by atoms with Crippen LogP contribution >= 0.6 is 0 Å². The first-order valence-electron chi connectivity index (χ1n) is 5.21. The van der Waals surface area contributed by atoms with Crippen LogP contribution in [-0.4, -0.2) is 5.26 Å². The van der Waals surface area contributed by atoms with Gasteiger partial charge in [-0.05, 0) is 28.5 Å². The molecule has 0 aliphatic heterocycles. The Bertz CT molecular complexity index is 317. The molecule has 84 valence electrons. The van der Waals surface area contributed by atoms with Gasteiger partial charge in [0.1, 0.15) is 0 Å². The third-order valence-electron chi connectivity index (χ3n) is 3.56. The van der Waals surface area contributed by atoms with E-state index in [0.717, 1.165) is 0 Å². The van der Waals surface area contributed by atoms with Crippen molar-refractivity contribution in [1.29, 1.82) is 0 Å². The van der Waals surface area contributed by atoms with Gasteiger partial charge in [-0.2, -0.15) is 0 Å². The Morgan fingerprint density at radius 2 is 1.40 bits per heavy atom. The molecule has 1 aromatic carbocycles. The van der Waals surface area contributed by atoms with Crippen molar-refractivity contribution < 1.29 is 10.1 Å². The number of benzene rings is 1. The Hall–Kier alpha value is -1.02. The van der Waals surface area contributed by atoms with E-state index in [0.29, 0.717) is 5.75 Å². The van der Waals surface area contributed by atoms with Gasteiger partial charge in [-0.3, -0.25) is 0 Å². The molecule has 1 N–H and O–H groups in total. The highest BCUT2D eigenvalue weighted by Crippen LogP contribution is 2.41. The summed E-state index contributed by atoms with van der Waals surface area (Å²) in [4.78, 5) is 4.17. The van der Waals surface area contributed by atoms with Crippen molar-refractivity contribution in [2.75, 3.05) is 0 Å². The largest absolute Gasteiger partial charge is 0.340 e. The summed E-state index contributed by atoms with van der Waals surface area (Å²) in [6.45, 7) is 11.1. The molecule has 0 bridgehead atoms. The maximum absolute atomic E-state index is 8.49. The monoisotopic (exact) mass is 208 g/mol. The molecule has 0 unspecified atom stereocenters. The summed E-state index contributed by atoms with van der Waals surface area (Å²) in [5.74, 6) is 0.475. The second-order valence-corrected chi connectivity index (χ2v) is 5.49. The number of rotatable bonds is 2. The van der Waals surface area contributed by atoms with Crippen LogP contribution in [0.1, 0.15) is 40.2 Å². The van der Waals surface area contributed by atoms with Crippen LogP contribution in [0.3, 0.4) is 0 Å². The molecule has 0 amide bonds. The predicted molar refractivity (Wildman–Crippen MR) is 62.2 cm³/mol. The van der Waals surface area contributed by atoms with Crippen LogP contribution < -0.4 is 4.89 Å². The summed E-state index contributed by atoms with van der Waals surface area (Å²) >= 11 is 0. The zero-order valence-electron chi connectivity index (χ0n) is 10.2. The highest BCUT2D eigenvalue weighted by atomic mass is 17.1. The molecule has 0 aliphatic carbocycles. The van der Waals surface area contributed by atoms with Gasteiger partial charge in [0.25, 0.3) is 0 Å². The summed E-state index contributed by atoms with van der Waals surface area (Å²) in [7, 11) is 0. The van der Waals surface area contributed by atoms with Gasteiger partial charge in [0.05, 0.1) is 0 Å². The van der Waals surface area contributed by atoms with Crippen LogP contribution in [0.4, 0.5) is 0 Å². The zero-order chi connectivity index (χ0) is 11.7. The topological polar surface area (TPSA) is 29.5 Å². The van der Waals surface area contributed by atoms with Crippen molar-refractivity contribution in [2.45, 2.75) is 40.0 Å². The molecule has 0 radical (unpaired) electrons. The van der Waals surface area contributed by atoms with Crippen molar-refractivity contribution in [2.24, 2.45) is 5.41 Å². The van der Waals surface area contributed by atoms with Crippen LogP contribution in [0, 0.1) is 5.41 Å². The van der Waals surface area contributed by atoms with Crippen molar-refractivity contribution >= 4 is 0 Å². The molecule has 1 aromatic rings. The van der Waals surface area contributed by atoms with Crippen molar-refractivity contribution in [3.8, 4) is 5.75 Å². The zero-order valence-corrected chi connectivity index (χ0v) is 10.2. The molecule has 0 heterocycles. The molecule has 2 nitrogen and oxygen atoms in total. The Balaban J connectivity index is 3.06. The van der Waals surface area contributed by atoms with Crippen LogP contribution in [0.5, 0.6) is 5.75 Å². The lowest BCUT2D eigenvalue weighted by molar-refractivity contribution is -0.137. The third-order valence-corrected chi connectivity index (χ3v) is 3.56. The molecule has 0 saturated carbocycles. The molecule has 0 aromatic heterocycles. The van der Waals surface area contributed by atoms with Crippen LogP contribution in [0.2, 0.25) is 0 Å². The first-order chi connectivity index (χ1) is 6.79. The molecule has 1 rings (SSSR count). The highest BCUT2D eigenvalue weighted by molar-refractivity contribution is 5.32. The van der Waals surface area contributed by atoms with Gasteiger partial charge < -0.3 is 4.89 Å². The van der Waals surface area contributed by atoms with Gasteiger partial charge in [-0.1, -0.05) is 46.8 Å². The summed E-state index contributed by atoms with van der Waals surface area (Å²) in [6, 6.07) is 7.55. The fourth-order valence-corrected chi connectivity index (χ4v) is 1.37. The second kappa shape index (κ2) is 3.86. The smallest absolute Gasteiger partial charge is 0.165 e. The molecule has 0 saturated heterocycles. The molecule has 0 spiro atoms. The predicted octanol–water partition coefficient (Wildman–Crippen LogP) is 3.86. The number of hydrogen-bond donors (Lipinski definition) is 1. The van der Waals surface area contributed by atoms with Gasteiger partial charge in [0, 0.05) is 0 Å². The van der Waals surface area contributed by atoms with Gasteiger partial charge in [-0.25, -0.2) is 5.26 Å². The summed E-state index contributed by atoms with van der Waals surface area (Å²) in [5, 5.41) is 8.49. The molecular weight excluding hydrogens is 188 g/mol. The Morgan fingerprint density at radius 1 is 0.933 bits per heavy atom. The van der Waals surface area contributed by atoms with E-state index in [1.165, 1.54) is 5.56 Å². The minimum absolute atomic E-state index is 0.0843. The number of hydrogen-bond acceptors (Lipinski definition) is 2. The van der Waals surface area contributed by atoms with Crippen molar-refractivity contribution in [3.05, 3.63) is 29.8 Å². The Kier molecular flexibility index (Phi) is 3.10. The maximum atomic E-state index is 8.49. The quantitative estimate of drug-likeness (QED) is 0.590. The summed E-state index contributed by atoms with van der Waals surface area (Å²) in [5.41, 5.74) is 1.52. The van der Waals surface area contributed by atoms with E-state index in [1.807, 2.05) is 12.1 Å². The molecule has 0 fully saturated rings. The molecular formula is C13H20O2. The van der Waals surface area contributed by atoms with E-state index in [-0.39, 0.29) is 10.8 Å². The fourth-order valence-electron chi connectivity index (χ4n) is 1.37. The summed E-state index contributed by atoms with van der Waals surface area (Å²) in [6.07, 6.45) is 0. The van der Waals surface area contributed by atoms with Crippen LogP contribution in [-0.2, 0) is 5.41 Å². The van der Waals surface area contributed by atoms with E-state index in [4.69, 9.17) is 5.26 Å². The van der Waals surface area contributed by atoms with Crippen molar-refractivity contribution in [3.63, 3.8) is 0 Å². The van der Waals surface area contributed by atoms with E-state index in [1.54, 1.807) is 12.1 Å². The lowest BCUT2D eigenvalue weighted by Crippen LogP contribution is -2.33. The van der Waals surface area contributed by atoms with Gasteiger partial charge in [-0.15, -0.1) is 0 Å². The average Bonchev–Trinajstić information content (AvgIpc) is 2.16. The minimum Gasteiger partial charge on any atom is -0.340 e. The SMILES string of the molecule is CC(C)(C)C(C)(C)c1ccc(OO)cc1. The van der Waals surface area contributed by atoms with Gasteiger partial charge in [0.15, 0.2) is 5.75 Å². The maximum Gasteiger partial charge on any atom is 0.165 e. The first kappa shape index (κ1) is 12.1. The lowest BCUT2D eigenvalue weighted by atomic mass is 9.65. The molecule has 2 heteroatoms. The van der Waals surface area contributed by atoms with E-state index >= 15 is 0 Å². The van der Waals surface area contributed by atoms with Gasteiger partial charge >= 0.3 is 0 Å². The molecule has 15 heavy (non-hydrogen) atoms. The standard InChI is InChI=1S/C13H20O2/c1-12(2,3)13(4,5)10-6-8-11(15-14)9-7-10/h6-9,14H,1-5H3. The molecule has 0 atom stereocenters. The Morgan fingerprint density at radius 3 is 1.73 bits per heavy atom. The first-order valence-corrected chi connectivity index (χ1v) is 5.21. The van der Waals surface area contributed by atoms with Crippen LogP contribution in [0.15, 0.2) is 24.3 Å². The van der Waals surface area contributed by atoms with E-state index in [9.17, 15) is 0 Å². The van der Waals surface area contributed by atoms with Gasteiger partial charge in [0.2, 0.25) is 0 Å². The lowest BCUT2D eigenvalue weighted by Gasteiger charge is -2.39. The van der Waals surface area contributed by atoms with E-state index in [2.05, 4.69) is 39.5 Å². The average molecular weight is 208 g/mol. The summed E-state index contributed by atoms with van der Waals surface area (Å²) < 4.78 is 0. The Labute approximate surface area is 91.8 Å². The fraction of sp³-hybridized carbons (Fsp3) is 0.538. The minimum atomic E-state index is 0.0843. The van der Waals surface area contributed by atoms with E-state index < -0.39 is 0 Å². The molecule has 0 aliphatic rings. The van der Waals surface area contributed by atoms with Crippen LogP contribution in [0.25, 0.3) is 0 Å². The second-order valence-electron chi connectivity index (χ2n) is 5.49. The van der Waals surface area contributed by atoms with Crippen molar-refractivity contribution in [1.82, 2.24) is 0 Å².